The van der Waals surface area contributed by atoms with Crippen molar-refractivity contribution in [1.82, 2.24) is 4.57 Å². The molecule has 0 atom stereocenters. The molecule has 2 heterocycles. The van der Waals surface area contributed by atoms with Crippen molar-refractivity contribution in [3.63, 3.8) is 0 Å². The van der Waals surface area contributed by atoms with Crippen LogP contribution in [0.4, 0.5) is 18.9 Å². The molecular weight excluding hydrogens is 415 g/mol. The van der Waals surface area contributed by atoms with Gasteiger partial charge in [0.25, 0.3) is 5.56 Å². The summed E-state index contributed by atoms with van der Waals surface area (Å²) in [7, 11) is 0. The lowest BCUT2D eigenvalue weighted by atomic mass is 10.2. The highest BCUT2D eigenvalue weighted by Crippen LogP contribution is 2.31. The van der Waals surface area contributed by atoms with E-state index >= 15 is 0 Å². The normalized spacial score (nSPS) is 14.4. The zero-order valence-corrected chi connectivity index (χ0v) is 16.8. The molecule has 1 aliphatic rings. The Bertz CT molecular complexity index is 1230. The average molecular weight is 433 g/mol. The molecule has 3 aromatic rings. The molecule has 0 spiro atoms. The summed E-state index contributed by atoms with van der Waals surface area (Å²) in [5.41, 5.74) is 0.274. The first-order valence-corrected chi connectivity index (χ1v) is 10.1. The first kappa shape index (κ1) is 20.2. The van der Waals surface area contributed by atoms with E-state index in [1.54, 1.807) is 17.0 Å². The summed E-state index contributed by atoms with van der Waals surface area (Å²) >= 11 is 1.27. The van der Waals surface area contributed by atoms with Crippen LogP contribution < -0.4 is 24.5 Å². The van der Waals surface area contributed by atoms with Crippen molar-refractivity contribution in [2.24, 2.45) is 4.99 Å². The highest BCUT2D eigenvalue weighted by molar-refractivity contribution is 7.07. The first-order chi connectivity index (χ1) is 14.3. The third-order valence-electron chi connectivity index (χ3n) is 4.60. The van der Waals surface area contributed by atoms with Crippen LogP contribution in [0.25, 0.3) is 6.08 Å². The largest absolute Gasteiger partial charge is 0.494 e. The summed E-state index contributed by atoms with van der Waals surface area (Å²) in [5, 5.41) is 0. The lowest BCUT2D eigenvalue weighted by Crippen LogP contribution is -2.42. The molecule has 0 fully saturated rings. The molecular formula is C21H18F3N3O2S. The summed E-state index contributed by atoms with van der Waals surface area (Å²) in [6, 6.07) is 12.4. The molecule has 0 unspecified atom stereocenters. The van der Waals surface area contributed by atoms with Crippen molar-refractivity contribution in [2.45, 2.75) is 19.8 Å². The van der Waals surface area contributed by atoms with Crippen LogP contribution in [0.3, 0.4) is 0 Å². The Labute approximate surface area is 174 Å². The van der Waals surface area contributed by atoms with Crippen LogP contribution in [0.5, 0.6) is 5.75 Å². The van der Waals surface area contributed by atoms with E-state index in [0.717, 1.165) is 23.4 Å². The maximum absolute atomic E-state index is 13.0. The number of halogens is 3. The smallest absolute Gasteiger partial charge is 0.416 e. The van der Waals surface area contributed by atoms with E-state index in [9.17, 15) is 18.0 Å². The standard InChI is InChI=1S/C21H18F3N3O2S/c1-2-29-17-8-6-14(7-9-17)10-18-19(28)27-13-26(12-25-20(27)30-18)16-5-3-4-15(11-16)21(22,23)24/h3-11H,2,12-13H2,1H3/b18-10+. The minimum Gasteiger partial charge on any atom is -0.494 e. The maximum atomic E-state index is 13.0. The fourth-order valence-corrected chi connectivity index (χ4v) is 4.09. The number of alkyl halides is 3. The van der Waals surface area contributed by atoms with Crippen LogP contribution in [0.1, 0.15) is 18.1 Å². The number of benzene rings is 2. The molecule has 0 bridgehead atoms. The molecule has 0 amide bonds. The number of anilines is 1. The molecule has 30 heavy (non-hydrogen) atoms. The van der Waals surface area contributed by atoms with Crippen molar-refractivity contribution in [3.8, 4) is 5.75 Å². The zero-order chi connectivity index (χ0) is 21.3. The molecule has 0 saturated carbocycles. The van der Waals surface area contributed by atoms with Gasteiger partial charge in [0.15, 0.2) is 4.80 Å². The Hall–Kier alpha value is -3.07. The van der Waals surface area contributed by atoms with Gasteiger partial charge in [0.05, 0.1) is 16.7 Å². The van der Waals surface area contributed by atoms with Crippen molar-refractivity contribution in [3.05, 3.63) is 79.3 Å². The fourth-order valence-electron chi connectivity index (χ4n) is 3.13. The van der Waals surface area contributed by atoms with Gasteiger partial charge >= 0.3 is 6.18 Å². The van der Waals surface area contributed by atoms with Crippen LogP contribution in [-0.4, -0.2) is 17.8 Å². The number of rotatable bonds is 4. The van der Waals surface area contributed by atoms with E-state index < -0.39 is 11.7 Å². The number of hydrogen-bond acceptors (Lipinski definition) is 5. The number of ether oxygens (including phenoxy) is 1. The van der Waals surface area contributed by atoms with Crippen LogP contribution in [0, 0.1) is 0 Å². The molecule has 2 aromatic carbocycles. The predicted octanol–water partition coefficient (Wildman–Crippen LogP) is 3.21. The highest BCUT2D eigenvalue weighted by atomic mass is 32.1. The van der Waals surface area contributed by atoms with Gasteiger partial charge in [0.2, 0.25) is 0 Å². The second kappa shape index (κ2) is 7.98. The summed E-state index contributed by atoms with van der Waals surface area (Å²) in [6.45, 7) is 2.81. The Morgan fingerprint density at radius 3 is 2.67 bits per heavy atom. The number of hydrogen-bond donors (Lipinski definition) is 0. The highest BCUT2D eigenvalue weighted by Gasteiger charge is 2.31. The van der Waals surface area contributed by atoms with Crippen LogP contribution >= 0.6 is 11.3 Å². The summed E-state index contributed by atoms with van der Waals surface area (Å²) in [6.07, 6.45) is -2.65. The third-order valence-corrected chi connectivity index (χ3v) is 5.65. The van der Waals surface area contributed by atoms with Gasteiger partial charge in [0, 0.05) is 5.69 Å². The molecule has 9 heteroatoms. The second-order valence-electron chi connectivity index (χ2n) is 6.66. The van der Waals surface area contributed by atoms with Gasteiger partial charge in [0.1, 0.15) is 19.1 Å². The SMILES string of the molecule is CCOc1ccc(/C=c2/sc3n(c2=O)CN(c2cccc(C(F)(F)F)c2)CN=3)cc1. The van der Waals surface area contributed by atoms with Gasteiger partial charge in [-0.15, -0.1) is 0 Å². The van der Waals surface area contributed by atoms with Crippen molar-refractivity contribution in [1.29, 1.82) is 0 Å². The van der Waals surface area contributed by atoms with E-state index in [2.05, 4.69) is 4.99 Å². The second-order valence-corrected chi connectivity index (χ2v) is 7.67. The predicted molar refractivity (Wildman–Crippen MR) is 109 cm³/mol. The number of aromatic nitrogens is 1. The topological polar surface area (TPSA) is 46.8 Å². The molecule has 0 radical (unpaired) electrons. The lowest BCUT2D eigenvalue weighted by molar-refractivity contribution is -0.137. The summed E-state index contributed by atoms with van der Waals surface area (Å²) < 4.78 is 46.4. The lowest BCUT2D eigenvalue weighted by Gasteiger charge is -2.26. The molecule has 0 saturated heterocycles. The quantitative estimate of drug-likeness (QED) is 0.635. The molecule has 4 rings (SSSR count). The summed E-state index contributed by atoms with van der Waals surface area (Å²) in [5.74, 6) is 0.753. The number of nitrogens with zero attached hydrogens (tertiary/aromatic N) is 3. The zero-order valence-electron chi connectivity index (χ0n) is 16.0. The summed E-state index contributed by atoms with van der Waals surface area (Å²) in [4.78, 5) is 19.4. The van der Waals surface area contributed by atoms with Crippen molar-refractivity contribution >= 4 is 23.1 Å². The van der Waals surface area contributed by atoms with E-state index in [1.165, 1.54) is 22.0 Å². The van der Waals surface area contributed by atoms with E-state index in [-0.39, 0.29) is 18.9 Å². The molecule has 5 nitrogen and oxygen atoms in total. The monoisotopic (exact) mass is 433 g/mol. The van der Waals surface area contributed by atoms with Crippen molar-refractivity contribution < 1.29 is 17.9 Å². The average Bonchev–Trinajstić information content (AvgIpc) is 3.04. The minimum atomic E-state index is -4.42. The molecule has 1 aliphatic heterocycles. The van der Waals surface area contributed by atoms with Crippen LogP contribution in [0.2, 0.25) is 0 Å². The number of thiazole rings is 1. The van der Waals surface area contributed by atoms with E-state index in [4.69, 9.17) is 4.74 Å². The molecule has 0 N–H and O–H groups in total. The van der Waals surface area contributed by atoms with Crippen LogP contribution in [-0.2, 0) is 12.8 Å². The first-order valence-electron chi connectivity index (χ1n) is 9.26. The van der Waals surface area contributed by atoms with Crippen LogP contribution in [0.15, 0.2) is 58.3 Å². The Morgan fingerprint density at radius 1 is 1.20 bits per heavy atom. The minimum absolute atomic E-state index is 0.145. The van der Waals surface area contributed by atoms with Gasteiger partial charge < -0.3 is 9.64 Å². The van der Waals surface area contributed by atoms with E-state index in [0.29, 0.717) is 21.6 Å². The van der Waals surface area contributed by atoms with Crippen molar-refractivity contribution in [2.75, 3.05) is 18.2 Å². The third kappa shape index (κ3) is 4.11. The van der Waals surface area contributed by atoms with E-state index in [1.807, 2.05) is 31.2 Å². The Morgan fingerprint density at radius 2 is 1.97 bits per heavy atom. The molecule has 156 valence electrons. The fraction of sp³-hybridized carbons (Fsp3) is 0.238. The molecule has 1 aromatic heterocycles. The van der Waals surface area contributed by atoms with Gasteiger partial charge in [-0.3, -0.25) is 9.36 Å². The number of fused-ring (bicyclic) bond motifs is 1. The maximum Gasteiger partial charge on any atom is 0.416 e. The Kier molecular flexibility index (Phi) is 5.38. The van der Waals surface area contributed by atoms with Gasteiger partial charge in [-0.1, -0.05) is 29.5 Å². The molecule has 0 aliphatic carbocycles. The van der Waals surface area contributed by atoms with Gasteiger partial charge in [-0.25, -0.2) is 4.99 Å². The van der Waals surface area contributed by atoms with Gasteiger partial charge in [-0.2, -0.15) is 13.2 Å². The Balaban J connectivity index is 1.63. The van der Waals surface area contributed by atoms with Gasteiger partial charge in [-0.05, 0) is 48.9 Å².